The van der Waals surface area contributed by atoms with Crippen LogP contribution in [0.1, 0.15) is 41.4 Å². The van der Waals surface area contributed by atoms with Gasteiger partial charge in [0.2, 0.25) is 11.8 Å². The van der Waals surface area contributed by atoms with Crippen LogP contribution in [0.4, 0.5) is 14.7 Å². The van der Waals surface area contributed by atoms with Gasteiger partial charge in [0.15, 0.2) is 0 Å². The predicted octanol–water partition coefficient (Wildman–Crippen LogP) is 4.99. The zero-order valence-corrected chi connectivity index (χ0v) is 20.3. The lowest BCUT2D eigenvalue weighted by Gasteiger charge is -2.33. The molecular formula is C27H28F2N4O3. The van der Waals surface area contributed by atoms with Crippen LogP contribution in [0.15, 0.2) is 42.5 Å². The monoisotopic (exact) mass is 494 g/mol. The number of benzene rings is 2. The zero-order valence-electron chi connectivity index (χ0n) is 20.3. The number of methoxy groups -OCH3 is 1. The van der Waals surface area contributed by atoms with E-state index < -0.39 is 17.5 Å². The lowest BCUT2D eigenvalue weighted by Crippen LogP contribution is -2.38. The highest BCUT2D eigenvalue weighted by atomic mass is 19.1. The van der Waals surface area contributed by atoms with Gasteiger partial charge < -0.3 is 19.3 Å². The van der Waals surface area contributed by atoms with E-state index in [-0.39, 0.29) is 12.1 Å². The van der Waals surface area contributed by atoms with Crippen LogP contribution in [0.5, 0.6) is 17.4 Å². The van der Waals surface area contributed by atoms with Gasteiger partial charge >= 0.3 is 0 Å². The molecule has 0 saturated carbocycles. The second-order valence-electron chi connectivity index (χ2n) is 9.31. The molecule has 188 valence electrons. The average molecular weight is 495 g/mol. The number of amides is 1. The Labute approximate surface area is 208 Å². The first kappa shape index (κ1) is 24.0. The first-order chi connectivity index (χ1) is 17.4. The van der Waals surface area contributed by atoms with E-state index in [1.54, 1.807) is 19.2 Å². The summed E-state index contributed by atoms with van der Waals surface area (Å²) in [7, 11) is 1.58. The van der Waals surface area contributed by atoms with Gasteiger partial charge in [-0.25, -0.2) is 13.8 Å². The molecule has 0 unspecified atom stereocenters. The normalized spacial score (nSPS) is 16.0. The maximum Gasteiger partial charge on any atom is 0.257 e. The maximum absolute atomic E-state index is 14.3. The summed E-state index contributed by atoms with van der Waals surface area (Å²) >= 11 is 0. The van der Waals surface area contributed by atoms with Gasteiger partial charge in [0.25, 0.3) is 5.91 Å². The first-order valence-electron chi connectivity index (χ1n) is 12.1. The van der Waals surface area contributed by atoms with E-state index in [0.29, 0.717) is 47.8 Å². The fourth-order valence-electron chi connectivity index (χ4n) is 4.59. The molecule has 1 fully saturated rings. The van der Waals surface area contributed by atoms with Gasteiger partial charge in [-0.1, -0.05) is 13.0 Å². The Bertz CT molecular complexity index is 1280. The summed E-state index contributed by atoms with van der Waals surface area (Å²) in [6.45, 7) is 4.49. The molecule has 3 heterocycles. The second-order valence-corrected chi connectivity index (χ2v) is 9.31. The summed E-state index contributed by atoms with van der Waals surface area (Å²) in [6, 6.07) is 10.2. The molecule has 36 heavy (non-hydrogen) atoms. The van der Waals surface area contributed by atoms with Crippen LogP contribution in [-0.4, -0.2) is 47.5 Å². The molecule has 0 radical (unpaired) electrons. The molecule has 5 rings (SSSR count). The van der Waals surface area contributed by atoms with E-state index in [4.69, 9.17) is 19.4 Å². The van der Waals surface area contributed by atoms with Gasteiger partial charge in [-0.15, -0.1) is 0 Å². The molecule has 1 aromatic heterocycles. The predicted molar refractivity (Wildman–Crippen MR) is 131 cm³/mol. The molecule has 0 N–H and O–H groups in total. The lowest BCUT2D eigenvalue weighted by atomic mass is 9.99. The third kappa shape index (κ3) is 4.96. The van der Waals surface area contributed by atoms with E-state index in [9.17, 15) is 13.6 Å². The van der Waals surface area contributed by atoms with Crippen molar-refractivity contribution in [2.75, 3.05) is 31.6 Å². The number of hydrogen-bond donors (Lipinski definition) is 0. The summed E-state index contributed by atoms with van der Waals surface area (Å²) < 4.78 is 39.2. The van der Waals surface area contributed by atoms with Crippen LogP contribution in [-0.2, 0) is 13.0 Å². The van der Waals surface area contributed by atoms with Crippen molar-refractivity contribution in [1.29, 1.82) is 0 Å². The number of hydrogen-bond acceptors (Lipinski definition) is 6. The van der Waals surface area contributed by atoms with Crippen LogP contribution >= 0.6 is 0 Å². The molecular weight excluding hydrogens is 466 g/mol. The van der Waals surface area contributed by atoms with Crippen LogP contribution < -0.4 is 14.4 Å². The Morgan fingerprint density at radius 3 is 2.56 bits per heavy atom. The second kappa shape index (κ2) is 10.1. The summed E-state index contributed by atoms with van der Waals surface area (Å²) in [5.41, 5.74) is 1.31. The number of aromatic nitrogens is 2. The average Bonchev–Trinajstić information content (AvgIpc) is 2.88. The van der Waals surface area contributed by atoms with Crippen molar-refractivity contribution in [3.8, 4) is 17.4 Å². The van der Waals surface area contributed by atoms with Gasteiger partial charge in [-0.3, -0.25) is 4.79 Å². The highest BCUT2D eigenvalue weighted by molar-refractivity contribution is 5.94. The van der Waals surface area contributed by atoms with E-state index in [1.807, 2.05) is 12.1 Å². The molecule has 0 spiro atoms. The molecule has 0 bridgehead atoms. The number of carbonyl (C=O) groups is 1. The lowest BCUT2D eigenvalue weighted by molar-refractivity contribution is 0.0727. The number of anilines is 1. The van der Waals surface area contributed by atoms with Crippen LogP contribution in [0.3, 0.4) is 0 Å². The van der Waals surface area contributed by atoms with Crippen molar-refractivity contribution in [3.63, 3.8) is 0 Å². The smallest absolute Gasteiger partial charge is 0.257 e. The van der Waals surface area contributed by atoms with Gasteiger partial charge in [0, 0.05) is 38.2 Å². The SMILES string of the molecule is COc1cccc(Oc2nc(N3CCC(C)CC3)nc3c2CN(C(=O)c2ccc(F)cc2F)CC3)c1. The van der Waals surface area contributed by atoms with E-state index in [0.717, 1.165) is 43.8 Å². The Balaban J connectivity index is 1.48. The highest BCUT2D eigenvalue weighted by Gasteiger charge is 2.30. The van der Waals surface area contributed by atoms with Crippen LogP contribution in [0, 0.1) is 17.6 Å². The number of carbonyl (C=O) groups excluding carboxylic acids is 1. The van der Waals surface area contributed by atoms with Crippen molar-refractivity contribution >= 4 is 11.9 Å². The largest absolute Gasteiger partial charge is 0.497 e. The minimum absolute atomic E-state index is 0.154. The van der Waals surface area contributed by atoms with Gasteiger partial charge in [-0.05, 0) is 43.0 Å². The Morgan fingerprint density at radius 2 is 1.81 bits per heavy atom. The molecule has 7 nitrogen and oxygen atoms in total. The van der Waals surface area contributed by atoms with Crippen molar-refractivity contribution in [2.45, 2.75) is 32.7 Å². The van der Waals surface area contributed by atoms with E-state index in [2.05, 4.69) is 11.8 Å². The Kier molecular flexibility index (Phi) is 6.71. The van der Waals surface area contributed by atoms with Crippen molar-refractivity contribution in [1.82, 2.24) is 14.9 Å². The third-order valence-corrected chi connectivity index (χ3v) is 6.78. The minimum atomic E-state index is -0.885. The first-order valence-corrected chi connectivity index (χ1v) is 12.1. The standard InChI is InChI=1S/C27H28F2N4O3/c1-17-8-11-32(12-9-17)27-30-24-10-13-33(26(34)21-7-6-18(28)14-23(21)29)16-22(24)25(31-27)36-20-5-3-4-19(15-20)35-2/h3-7,14-15,17H,8-13,16H2,1-2H3. The van der Waals surface area contributed by atoms with Gasteiger partial charge in [0.1, 0.15) is 23.1 Å². The van der Waals surface area contributed by atoms with Gasteiger partial charge in [-0.2, -0.15) is 4.98 Å². The Hall–Kier alpha value is -3.75. The zero-order chi connectivity index (χ0) is 25.2. The topological polar surface area (TPSA) is 67.8 Å². The molecule has 1 saturated heterocycles. The summed E-state index contributed by atoms with van der Waals surface area (Å²) in [5.74, 6) is 0.699. The summed E-state index contributed by atoms with van der Waals surface area (Å²) in [5, 5.41) is 0. The van der Waals surface area contributed by atoms with Crippen molar-refractivity contribution in [2.24, 2.45) is 5.92 Å². The van der Waals surface area contributed by atoms with Crippen molar-refractivity contribution in [3.05, 3.63) is 70.9 Å². The number of nitrogens with zero attached hydrogens (tertiary/aromatic N) is 4. The van der Waals surface area contributed by atoms with Crippen LogP contribution in [0.2, 0.25) is 0 Å². The molecule has 0 atom stereocenters. The number of fused-ring (bicyclic) bond motifs is 1. The number of ether oxygens (including phenoxy) is 2. The molecule has 2 aliphatic heterocycles. The molecule has 1 amide bonds. The van der Waals surface area contributed by atoms with Gasteiger partial charge in [0.05, 0.1) is 30.5 Å². The minimum Gasteiger partial charge on any atom is -0.497 e. The molecule has 2 aliphatic rings. The number of halogens is 2. The molecule has 0 aliphatic carbocycles. The molecule has 2 aromatic carbocycles. The van der Waals surface area contributed by atoms with Crippen molar-refractivity contribution < 1.29 is 23.0 Å². The summed E-state index contributed by atoms with van der Waals surface area (Å²) in [4.78, 5) is 26.4. The molecule has 9 heteroatoms. The number of rotatable bonds is 5. The highest BCUT2D eigenvalue weighted by Crippen LogP contribution is 2.34. The van der Waals surface area contributed by atoms with E-state index >= 15 is 0 Å². The summed E-state index contributed by atoms with van der Waals surface area (Å²) in [6.07, 6.45) is 2.61. The Morgan fingerprint density at radius 1 is 1.03 bits per heavy atom. The number of piperidine rings is 1. The van der Waals surface area contributed by atoms with E-state index in [1.165, 1.54) is 11.0 Å². The maximum atomic E-state index is 14.3. The quantitative estimate of drug-likeness (QED) is 0.498. The fraction of sp³-hybridized carbons (Fsp3) is 0.370. The van der Waals surface area contributed by atoms with Crippen LogP contribution in [0.25, 0.3) is 0 Å². The fourth-order valence-corrected chi connectivity index (χ4v) is 4.59. The third-order valence-electron chi connectivity index (χ3n) is 6.78. The molecule has 3 aromatic rings.